The number of allylic oxidation sites excluding steroid dienone is 7. The first-order valence-corrected chi connectivity index (χ1v) is 12.1. The molecule has 4 atom stereocenters. The maximum absolute atomic E-state index is 13.0. The summed E-state index contributed by atoms with van der Waals surface area (Å²) in [5.41, 5.74) is 2.22. The Morgan fingerprint density at radius 1 is 1.06 bits per heavy atom. The molecule has 1 aromatic carbocycles. The number of carbonyl (C=O) groups excluding carboxylic acids is 2. The van der Waals surface area contributed by atoms with Crippen LogP contribution in [0.3, 0.4) is 0 Å². The van der Waals surface area contributed by atoms with E-state index in [0.717, 1.165) is 11.1 Å². The van der Waals surface area contributed by atoms with Gasteiger partial charge in [0.2, 0.25) is 5.91 Å². The molecule has 0 radical (unpaired) electrons. The highest BCUT2D eigenvalue weighted by atomic mass is 16.5. The zero-order valence-corrected chi connectivity index (χ0v) is 20.4. The predicted octanol–water partition coefficient (Wildman–Crippen LogP) is 4.81. The van der Waals surface area contributed by atoms with E-state index in [1.807, 2.05) is 61.6 Å². The van der Waals surface area contributed by atoms with Gasteiger partial charge in [-0.15, -0.1) is 0 Å². The van der Waals surface area contributed by atoms with Crippen molar-refractivity contribution in [2.24, 2.45) is 5.92 Å². The molecule has 4 unspecified atom stereocenters. The molecule has 0 bridgehead atoms. The molecule has 1 amide bonds. The maximum Gasteiger partial charge on any atom is 0.244 e. The van der Waals surface area contributed by atoms with Gasteiger partial charge >= 0.3 is 0 Å². The first kappa shape index (κ1) is 26.4. The van der Waals surface area contributed by atoms with E-state index in [1.165, 1.54) is 13.2 Å². The lowest BCUT2D eigenvalue weighted by Crippen LogP contribution is -2.26. The Hall–Kier alpha value is -3.22. The van der Waals surface area contributed by atoms with Crippen LogP contribution < -0.4 is 5.32 Å². The van der Waals surface area contributed by atoms with Gasteiger partial charge in [-0.25, -0.2) is 0 Å². The van der Waals surface area contributed by atoms with Crippen molar-refractivity contribution in [2.45, 2.75) is 57.3 Å². The lowest BCUT2D eigenvalue weighted by atomic mass is 9.92. The number of ketones is 1. The van der Waals surface area contributed by atoms with Gasteiger partial charge in [0.1, 0.15) is 11.9 Å². The third kappa shape index (κ3) is 7.64. The summed E-state index contributed by atoms with van der Waals surface area (Å²) in [7, 11) is 1.51. The largest absolute Gasteiger partial charge is 0.509 e. The van der Waals surface area contributed by atoms with E-state index >= 15 is 0 Å². The van der Waals surface area contributed by atoms with Crippen LogP contribution in [0.25, 0.3) is 0 Å². The van der Waals surface area contributed by atoms with Crippen LogP contribution in [-0.4, -0.2) is 41.2 Å². The van der Waals surface area contributed by atoms with Crippen LogP contribution >= 0.6 is 0 Å². The minimum atomic E-state index is -0.810. The van der Waals surface area contributed by atoms with Gasteiger partial charge in [0.15, 0.2) is 5.78 Å². The molecular weight excluding hydrogens is 442 g/mol. The zero-order valence-electron chi connectivity index (χ0n) is 20.4. The molecule has 1 aromatic rings. The van der Waals surface area contributed by atoms with E-state index in [2.05, 4.69) is 5.32 Å². The van der Waals surface area contributed by atoms with Crippen molar-refractivity contribution in [1.82, 2.24) is 5.32 Å². The molecule has 6 heteroatoms. The number of carbonyl (C=O) groups is 2. The van der Waals surface area contributed by atoms with Crippen LogP contribution in [0.2, 0.25) is 0 Å². The first-order valence-electron chi connectivity index (χ1n) is 12.1. The second-order valence-corrected chi connectivity index (χ2v) is 9.03. The van der Waals surface area contributed by atoms with Crippen molar-refractivity contribution in [1.29, 1.82) is 0 Å². The Morgan fingerprint density at radius 2 is 1.80 bits per heavy atom. The van der Waals surface area contributed by atoms with Gasteiger partial charge in [0, 0.05) is 31.1 Å². The number of hydrogen-bond acceptors (Lipinski definition) is 5. The number of aliphatic hydroxyl groups excluding tert-OH is 2. The highest BCUT2D eigenvalue weighted by molar-refractivity contribution is 5.97. The lowest BCUT2D eigenvalue weighted by Gasteiger charge is -2.17. The minimum absolute atomic E-state index is 0.0444. The van der Waals surface area contributed by atoms with Gasteiger partial charge in [0.25, 0.3) is 0 Å². The Kier molecular flexibility index (Phi) is 9.82. The van der Waals surface area contributed by atoms with Gasteiger partial charge in [-0.2, -0.15) is 0 Å². The number of ether oxygens (including phenoxy) is 1. The number of Topliss-reactive ketones (excluding diaryl/α,β-unsaturated/α-hetero) is 1. The van der Waals surface area contributed by atoms with E-state index in [9.17, 15) is 19.8 Å². The summed E-state index contributed by atoms with van der Waals surface area (Å²) < 4.78 is 5.35. The van der Waals surface area contributed by atoms with Crippen LogP contribution in [0, 0.1) is 5.92 Å². The molecule has 0 aromatic heterocycles. The molecule has 186 valence electrons. The number of amides is 1. The van der Waals surface area contributed by atoms with Crippen molar-refractivity contribution in [3.8, 4) is 0 Å². The summed E-state index contributed by atoms with van der Waals surface area (Å²) in [6.07, 6.45) is 13.4. The van der Waals surface area contributed by atoms with Crippen LogP contribution in [0.4, 0.5) is 0 Å². The van der Waals surface area contributed by atoms with Crippen LogP contribution in [-0.2, 0) is 14.3 Å². The third-order valence-corrected chi connectivity index (χ3v) is 6.33. The number of fused-ring (bicyclic) bond motifs is 1. The van der Waals surface area contributed by atoms with E-state index in [4.69, 9.17) is 4.74 Å². The SMILES string of the molecule is COC1CC2\C=C(C)/C=C/C=C\C(=O)NC(c3ccccc3)C/C=C/CCC(O)CC(=O)C2=C1O. The summed E-state index contributed by atoms with van der Waals surface area (Å²) in [5.74, 6) is -0.790. The van der Waals surface area contributed by atoms with E-state index in [1.54, 1.807) is 12.2 Å². The Bertz CT molecular complexity index is 1030. The summed E-state index contributed by atoms with van der Waals surface area (Å²) >= 11 is 0. The van der Waals surface area contributed by atoms with Crippen molar-refractivity contribution in [2.75, 3.05) is 7.11 Å². The number of benzene rings is 1. The third-order valence-electron chi connectivity index (χ3n) is 6.33. The topological polar surface area (TPSA) is 95.9 Å². The smallest absolute Gasteiger partial charge is 0.244 e. The highest BCUT2D eigenvalue weighted by Gasteiger charge is 2.36. The molecule has 1 aliphatic carbocycles. The summed E-state index contributed by atoms with van der Waals surface area (Å²) in [6.45, 7) is 1.90. The van der Waals surface area contributed by atoms with Crippen LogP contribution in [0.5, 0.6) is 0 Å². The van der Waals surface area contributed by atoms with E-state index in [0.29, 0.717) is 31.3 Å². The molecule has 35 heavy (non-hydrogen) atoms. The Morgan fingerprint density at radius 3 is 2.54 bits per heavy atom. The van der Waals surface area contributed by atoms with E-state index in [-0.39, 0.29) is 35.8 Å². The minimum Gasteiger partial charge on any atom is -0.509 e. The van der Waals surface area contributed by atoms with Gasteiger partial charge < -0.3 is 20.3 Å². The predicted molar refractivity (Wildman–Crippen MR) is 137 cm³/mol. The molecular formula is C29H35NO5. The standard InChI is InChI=1S/C29H35NO5/c1-20-11-9-10-16-27(33)30-24(21-12-5-3-6-13-21)15-8-4-7-14-23(31)19-25(32)28-22(17-20)18-26(35-2)29(28)34/h3-6,8-13,16-17,22-24,26,31,34H,7,14-15,18-19H2,1-2H3,(H,30,33)/b8-4+,11-9+,16-10-,20-17-. The number of rotatable bonds is 2. The zero-order chi connectivity index (χ0) is 25.2. The fourth-order valence-corrected chi connectivity index (χ4v) is 4.50. The Labute approximate surface area is 207 Å². The second kappa shape index (κ2) is 13.0. The van der Waals surface area contributed by atoms with Crippen LogP contribution in [0.1, 0.15) is 50.6 Å². The quantitative estimate of drug-likeness (QED) is 0.532. The van der Waals surface area contributed by atoms with Gasteiger partial charge in [-0.1, -0.05) is 72.4 Å². The second-order valence-electron chi connectivity index (χ2n) is 9.03. The normalized spacial score (nSPS) is 31.2. The van der Waals surface area contributed by atoms with Crippen molar-refractivity contribution in [3.05, 3.63) is 95.3 Å². The Balaban J connectivity index is 1.84. The van der Waals surface area contributed by atoms with Gasteiger partial charge in [-0.05, 0) is 38.2 Å². The average Bonchev–Trinajstić information content (AvgIpc) is 3.15. The first-order chi connectivity index (χ1) is 16.9. The fourth-order valence-electron chi connectivity index (χ4n) is 4.50. The average molecular weight is 478 g/mol. The van der Waals surface area contributed by atoms with Gasteiger partial charge in [-0.3, -0.25) is 9.59 Å². The molecule has 3 rings (SSSR count). The fraction of sp³-hybridized carbons (Fsp3) is 0.379. The number of hydrogen-bond donors (Lipinski definition) is 3. The summed E-state index contributed by atoms with van der Waals surface area (Å²) in [6, 6.07) is 9.61. The summed E-state index contributed by atoms with van der Waals surface area (Å²) in [5, 5.41) is 24.1. The highest BCUT2D eigenvalue weighted by Crippen LogP contribution is 2.36. The molecule has 1 heterocycles. The van der Waals surface area contributed by atoms with Crippen LogP contribution in [0.15, 0.2) is 89.8 Å². The molecule has 1 aliphatic heterocycles. The molecule has 3 N–H and O–H groups in total. The monoisotopic (exact) mass is 477 g/mol. The number of aliphatic hydroxyl groups is 2. The van der Waals surface area contributed by atoms with Crippen molar-refractivity contribution >= 4 is 11.7 Å². The number of methoxy groups -OCH3 is 1. The lowest BCUT2D eigenvalue weighted by molar-refractivity contribution is -0.118. The molecule has 0 fully saturated rings. The van der Waals surface area contributed by atoms with E-state index < -0.39 is 12.2 Å². The summed E-state index contributed by atoms with van der Waals surface area (Å²) in [4.78, 5) is 25.5. The van der Waals surface area contributed by atoms with Crippen molar-refractivity contribution in [3.63, 3.8) is 0 Å². The maximum atomic E-state index is 13.0. The number of nitrogens with one attached hydrogen (secondary N) is 1. The van der Waals surface area contributed by atoms with Crippen molar-refractivity contribution < 1.29 is 24.5 Å². The van der Waals surface area contributed by atoms with Gasteiger partial charge in [0.05, 0.1) is 12.1 Å². The molecule has 0 saturated heterocycles. The molecule has 2 aliphatic rings. The molecule has 0 spiro atoms. The molecule has 0 saturated carbocycles. The molecule has 6 nitrogen and oxygen atoms in total.